The van der Waals surface area contributed by atoms with E-state index in [0.717, 1.165) is 16.7 Å². The number of imidazole rings is 1. The summed E-state index contributed by atoms with van der Waals surface area (Å²) in [5.74, 6) is -0.964. The Morgan fingerprint density at radius 1 is 1.00 bits per heavy atom. The highest BCUT2D eigenvalue weighted by atomic mass is 19.4. The molecule has 0 bridgehead atoms. The molecule has 1 fully saturated rings. The lowest BCUT2D eigenvalue weighted by Gasteiger charge is -2.33. The molecule has 1 aliphatic rings. The number of ether oxygens (including phenoxy) is 1. The third-order valence-electron chi connectivity index (χ3n) is 5.45. The number of rotatable bonds is 3. The maximum Gasteiger partial charge on any atom is 0.433 e. The molecule has 34 heavy (non-hydrogen) atoms. The Kier molecular flexibility index (Phi) is 5.87. The molecule has 1 aliphatic heterocycles. The Morgan fingerprint density at radius 3 is 2.26 bits per heavy atom. The van der Waals surface area contributed by atoms with Gasteiger partial charge in [0.1, 0.15) is 22.7 Å². The number of aromatic nitrogens is 3. The van der Waals surface area contributed by atoms with Crippen LogP contribution in [0.25, 0.3) is 16.7 Å². The van der Waals surface area contributed by atoms with Crippen molar-refractivity contribution >= 4 is 28.6 Å². The van der Waals surface area contributed by atoms with E-state index < -0.39 is 46.5 Å². The number of nitrogens with zero attached hydrogens (tertiary/aromatic N) is 5. The van der Waals surface area contributed by atoms with Crippen molar-refractivity contribution in [1.29, 1.82) is 0 Å². The lowest BCUT2D eigenvalue weighted by Crippen LogP contribution is -2.50. The number of methoxy groups -OCH3 is 1. The van der Waals surface area contributed by atoms with Crippen LogP contribution in [0.15, 0.2) is 24.4 Å². The smallest absolute Gasteiger partial charge is 0.433 e. The van der Waals surface area contributed by atoms with Crippen LogP contribution in [-0.4, -0.2) is 75.9 Å². The molecular formula is C20H17F6N5O3. The van der Waals surface area contributed by atoms with E-state index in [4.69, 9.17) is 0 Å². The number of halogens is 6. The summed E-state index contributed by atoms with van der Waals surface area (Å²) in [5.41, 5.74) is -3.99. The van der Waals surface area contributed by atoms with Gasteiger partial charge in [-0.2, -0.15) is 26.3 Å². The molecule has 14 heteroatoms. The fourth-order valence-corrected chi connectivity index (χ4v) is 3.73. The molecule has 0 radical (unpaired) electrons. The van der Waals surface area contributed by atoms with E-state index in [1.807, 2.05) is 0 Å². The standard InChI is InChI=1S/C20H17F6N5O3/c1-34-16(32)10-29-4-6-30(7-5-29)18(33)13-9-31-15(27-13)3-2-11-12(19(21,22)23)8-14(20(24,25)26)28-17(11)31/h2-3,8-9H,4-7,10H2,1H3. The van der Waals surface area contributed by atoms with Gasteiger partial charge >= 0.3 is 18.3 Å². The first-order chi connectivity index (χ1) is 15.9. The van der Waals surface area contributed by atoms with Crippen LogP contribution in [0.2, 0.25) is 0 Å². The van der Waals surface area contributed by atoms with E-state index in [1.165, 1.54) is 18.1 Å². The van der Waals surface area contributed by atoms with Crippen LogP contribution < -0.4 is 0 Å². The first kappa shape index (κ1) is 23.7. The van der Waals surface area contributed by atoms with Crippen LogP contribution >= 0.6 is 0 Å². The molecule has 4 rings (SSSR count). The average Bonchev–Trinajstić information content (AvgIpc) is 3.22. The zero-order chi connectivity index (χ0) is 24.8. The van der Waals surface area contributed by atoms with Gasteiger partial charge in [-0.1, -0.05) is 0 Å². The third kappa shape index (κ3) is 4.49. The van der Waals surface area contributed by atoms with E-state index in [9.17, 15) is 35.9 Å². The molecule has 0 N–H and O–H groups in total. The molecule has 3 aromatic rings. The number of piperazine rings is 1. The van der Waals surface area contributed by atoms with E-state index in [1.54, 1.807) is 4.90 Å². The van der Waals surface area contributed by atoms with Crippen molar-refractivity contribution in [2.24, 2.45) is 0 Å². The first-order valence-electron chi connectivity index (χ1n) is 9.94. The zero-order valence-electron chi connectivity index (χ0n) is 17.6. The highest BCUT2D eigenvalue weighted by molar-refractivity contribution is 5.94. The van der Waals surface area contributed by atoms with Crippen molar-refractivity contribution in [3.8, 4) is 0 Å². The minimum Gasteiger partial charge on any atom is -0.468 e. The second-order valence-corrected chi connectivity index (χ2v) is 7.62. The van der Waals surface area contributed by atoms with Crippen LogP contribution in [0.5, 0.6) is 0 Å². The number of carbonyl (C=O) groups excluding carboxylic acids is 2. The van der Waals surface area contributed by atoms with Crippen LogP contribution in [0.3, 0.4) is 0 Å². The third-order valence-corrected chi connectivity index (χ3v) is 5.45. The number of pyridine rings is 2. The Balaban J connectivity index is 1.69. The summed E-state index contributed by atoms with van der Waals surface area (Å²) < 4.78 is 85.7. The monoisotopic (exact) mass is 489 g/mol. The topological polar surface area (TPSA) is 80.0 Å². The minimum absolute atomic E-state index is 0.0277. The van der Waals surface area contributed by atoms with Gasteiger partial charge in [0.05, 0.1) is 19.2 Å². The Labute approximate surface area is 187 Å². The Morgan fingerprint density at radius 2 is 1.68 bits per heavy atom. The van der Waals surface area contributed by atoms with Gasteiger partial charge in [0.2, 0.25) is 0 Å². The van der Waals surface area contributed by atoms with Crippen LogP contribution in [-0.2, 0) is 21.9 Å². The molecule has 0 atom stereocenters. The maximum atomic E-state index is 13.5. The normalized spacial score (nSPS) is 15.8. The second kappa shape index (κ2) is 8.42. The van der Waals surface area contributed by atoms with Gasteiger partial charge in [0.25, 0.3) is 5.91 Å². The predicted octanol–water partition coefficient (Wildman–Crippen LogP) is 2.85. The summed E-state index contributed by atoms with van der Waals surface area (Å²) in [6.07, 6.45) is -9.09. The first-order valence-corrected chi connectivity index (χ1v) is 9.94. The summed E-state index contributed by atoms with van der Waals surface area (Å²) in [6, 6.07) is 2.12. The molecule has 3 aromatic heterocycles. The fourth-order valence-electron chi connectivity index (χ4n) is 3.73. The number of hydrogen-bond donors (Lipinski definition) is 0. The summed E-state index contributed by atoms with van der Waals surface area (Å²) in [4.78, 5) is 35.0. The zero-order valence-corrected chi connectivity index (χ0v) is 17.6. The Hall–Kier alpha value is -3.42. The van der Waals surface area contributed by atoms with E-state index in [-0.39, 0.29) is 37.0 Å². The van der Waals surface area contributed by atoms with Gasteiger partial charge < -0.3 is 9.64 Å². The van der Waals surface area contributed by atoms with Gasteiger partial charge in [-0.3, -0.25) is 18.9 Å². The average molecular weight is 489 g/mol. The molecule has 0 unspecified atom stereocenters. The van der Waals surface area contributed by atoms with Crippen molar-refractivity contribution < 1.29 is 40.7 Å². The number of alkyl halides is 6. The Bertz CT molecular complexity index is 1260. The van der Waals surface area contributed by atoms with Crippen LogP contribution in [0, 0.1) is 0 Å². The minimum atomic E-state index is -5.11. The number of hydrogen-bond acceptors (Lipinski definition) is 6. The van der Waals surface area contributed by atoms with Crippen molar-refractivity contribution in [3.05, 3.63) is 41.3 Å². The van der Waals surface area contributed by atoms with Crippen molar-refractivity contribution in [3.63, 3.8) is 0 Å². The predicted molar refractivity (Wildman–Crippen MR) is 105 cm³/mol. The molecule has 182 valence electrons. The molecule has 0 spiro atoms. The van der Waals surface area contributed by atoms with Crippen LogP contribution in [0.4, 0.5) is 26.3 Å². The number of esters is 1. The molecule has 0 aromatic carbocycles. The SMILES string of the molecule is COC(=O)CN1CCN(C(=O)c2cn3c(ccc4c(C(F)(F)F)cc(C(F)(F)F)nc43)n2)CC1. The second-order valence-electron chi connectivity index (χ2n) is 7.62. The molecule has 1 saturated heterocycles. The summed E-state index contributed by atoms with van der Waals surface area (Å²) >= 11 is 0. The molecule has 1 amide bonds. The molecular weight excluding hydrogens is 472 g/mol. The van der Waals surface area contributed by atoms with E-state index in [0.29, 0.717) is 13.1 Å². The van der Waals surface area contributed by atoms with Gasteiger partial charge in [-0.25, -0.2) is 9.97 Å². The van der Waals surface area contributed by atoms with E-state index >= 15 is 0 Å². The van der Waals surface area contributed by atoms with Crippen molar-refractivity contribution in [2.45, 2.75) is 12.4 Å². The number of fused-ring (bicyclic) bond motifs is 3. The summed E-state index contributed by atoms with van der Waals surface area (Å²) in [5, 5.41) is -0.555. The van der Waals surface area contributed by atoms with Gasteiger partial charge in [-0.15, -0.1) is 0 Å². The van der Waals surface area contributed by atoms with Gasteiger partial charge in [0, 0.05) is 37.8 Å². The highest BCUT2D eigenvalue weighted by Crippen LogP contribution is 2.38. The molecule has 0 aliphatic carbocycles. The van der Waals surface area contributed by atoms with Gasteiger partial charge in [-0.05, 0) is 18.2 Å². The highest BCUT2D eigenvalue weighted by Gasteiger charge is 2.39. The maximum absolute atomic E-state index is 13.5. The molecule has 8 nitrogen and oxygen atoms in total. The summed E-state index contributed by atoms with van der Waals surface area (Å²) in [7, 11) is 1.26. The van der Waals surface area contributed by atoms with Crippen molar-refractivity contribution in [1.82, 2.24) is 24.2 Å². The lowest BCUT2D eigenvalue weighted by molar-refractivity contribution is -0.145. The quantitative estimate of drug-likeness (QED) is 0.416. The molecule has 4 heterocycles. The molecule has 0 saturated carbocycles. The van der Waals surface area contributed by atoms with Gasteiger partial charge in [0.15, 0.2) is 0 Å². The largest absolute Gasteiger partial charge is 0.468 e. The number of amides is 1. The fraction of sp³-hybridized carbons (Fsp3) is 0.400. The van der Waals surface area contributed by atoms with E-state index in [2.05, 4.69) is 14.7 Å². The summed E-state index contributed by atoms with van der Waals surface area (Å²) in [6.45, 7) is 1.32. The lowest BCUT2D eigenvalue weighted by atomic mass is 10.1. The van der Waals surface area contributed by atoms with Crippen molar-refractivity contribution in [2.75, 3.05) is 39.8 Å². The number of carbonyl (C=O) groups is 2. The van der Waals surface area contributed by atoms with Crippen LogP contribution in [0.1, 0.15) is 21.7 Å².